The number of rotatable bonds is 5. The summed E-state index contributed by atoms with van der Waals surface area (Å²) < 4.78 is 5.81. The minimum absolute atomic E-state index is 0.185. The Morgan fingerprint density at radius 2 is 2.00 bits per heavy atom. The molecule has 2 rings (SSSR count). The topological polar surface area (TPSA) is 72.6 Å². The van der Waals surface area contributed by atoms with Crippen molar-refractivity contribution in [3.05, 3.63) is 63.7 Å². The lowest BCUT2D eigenvalue weighted by Gasteiger charge is -2.15. The van der Waals surface area contributed by atoms with E-state index in [4.69, 9.17) is 22.1 Å². The molecule has 0 aliphatic rings. The summed E-state index contributed by atoms with van der Waals surface area (Å²) in [6.07, 6.45) is -1.38. The number of aliphatic hydroxyl groups is 1. The molecule has 0 saturated heterocycles. The minimum Gasteiger partial charge on any atom is -0.489 e. The van der Waals surface area contributed by atoms with Crippen LogP contribution in [-0.4, -0.2) is 11.0 Å². The number of carbonyl (C=O) groups excluding carboxylic acids is 1. The highest BCUT2D eigenvalue weighted by molar-refractivity contribution is 6.30. The second-order valence-corrected chi connectivity index (χ2v) is 5.64. The van der Waals surface area contributed by atoms with Gasteiger partial charge in [0.1, 0.15) is 12.4 Å². The highest BCUT2D eigenvalue weighted by Crippen LogP contribution is 2.25. The highest BCUT2D eigenvalue weighted by Gasteiger charge is 2.18. The molecule has 2 aromatic rings. The maximum Gasteiger partial charge on any atom is 0.250 e. The molecule has 116 valence electrons. The van der Waals surface area contributed by atoms with E-state index in [-0.39, 0.29) is 6.61 Å². The minimum atomic E-state index is -1.38. The molecule has 5 heteroatoms. The molecule has 0 heterocycles. The number of amides is 1. The van der Waals surface area contributed by atoms with E-state index in [9.17, 15) is 9.90 Å². The van der Waals surface area contributed by atoms with E-state index in [1.807, 2.05) is 32.0 Å². The van der Waals surface area contributed by atoms with Gasteiger partial charge in [0.25, 0.3) is 5.91 Å². The molecule has 0 saturated carbocycles. The van der Waals surface area contributed by atoms with Crippen molar-refractivity contribution >= 4 is 17.5 Å². The third-order valence-corrected chi connectivity index (χ3v) is 3.63. The van der Waals surface area contributed by atoms with E-state index >= 15 is 0 Å². The average Bonchev–Trinajstić information content (AvgIpc) is 2.47. The molecule has 4 nitrogen and oxygen atoms in total. The molecule has 0 aliphatic carbocycles. The largest absolute Gasteiger partial charge is 0.489 e. The van der Waals surface area contributed by atoms with Gasteiger partial charge in [0.2, 0.25) is 0 Å². The first-order valence-electron chi connectivity index (χ1n) is 6.84. The number of carbonyl (C=O) groups is 1. The number of benzene rings is 2. The van der Waals surface area contributed by atoms with Crippen molar-refractivity contribution in [3.63, 3.8) is 0 Å². The summed E-state index contributed by atoms with van der Waals surface area (Å²) in [5, 5.41) is 10.4. The van der Waals surface area contributed by atoms with E-state index in [2.05, 4.69) is 0 Å². The standard InChI is InChI=1S/C17H18ClNO3/c1-10-3-4-11(2)15(7-10)22-9-12-8-13(18)5-6-14(12)16(20)17(19)21/h3-8,16,20H,9H2,1-2H3,(H2,19,21). The molecule has 0 spiro atoms. The zero-order valence-corrected chi connectivity index (χ0v) is 13.2. The molecule has 1 atom stereocenters. The van der Waals surface area contributed by atoms with E-state index < -0.39 is 12.0 Å². The third kappa shape index (κ3) is 3.78. The average molecular weight is 320 g/mol. The van der Waals surface area contributed by atoms with E-state index in [1.54, 1.807) is 18.2 Å². The van der Waals surface area contributed by atoms with Gasteiger partial charge in [0.05, 0.1) is 0 Å². The third-order valence-electron chi connectivity index (χ3n) is 3.40. The molecule has 0 aromatic heterocycles. The molecule has 0 fully saturated rings. The van der Waals surface area contributed by atoms with Crippen LogP contribution >= 0.6 is 11.6 Å². The normalized spacial score (nSPS) is 12.0. The summed E-state index contributed by atoms with van der Waals surface area (Å²) in [5.41, 5.74) is 8.28. The highest BCUT2D eigenvalue weighted by atomic mass is 35.5. The first-order valence-corrected chi connectivity index (χ1v) is 7.22. The fraction of sp³-hybridized carbons (Fsp3) is 0.235. The van der Waals surface area contributed by atoms with Crippen LogP contribution in [-0.2, 0) is 11.4 Å². The van der Waals surface area contributed by atoms with Crippen LogP contribution in [0.3, 0.4) is 0 Å². The van der Waals surface area contributed by atoms with Crippen LogP contribution in [0.5, 0.6) is 5.75 Å². The molecule has 0 radical (unpaired) electrons. The Morgan fingerprint density at radius 1 is 1.27 bits per heavy atom. The molecule has 0 bridgehead atoms. The molecule has 2 aromatic carbocycles. The van der Waals surface area contributed by atoms with Crippen molar-refractivity contribution < 1.29 is 14.6 Å². The van der Waals surface area contributed by atoms with Gasteiger partial charge < -0.3 is 15.6 Å². The summed E-state index contributed by atoms with van der Waals surface area (Å²) in [6, 6.07) is 10.8. The number of hydrogen-bond donors (Lipinski definition) is 2. The number of halogens is 1. The Kier molecular flexibility index (Phi) is 5.06. The first-order chi connectivity index (χ1) is 10.4. The quantitative estimate of drug-likeness (QED) is 0.889. The van der Waals surface area contributed by atoms with Gasteiger partial charge in [-0.1, -0.05) is 29.8 Å². The molecule has 3 N–H and O–H groups in total. The zero-order chi connectivity index (χ0) is 16.3. The van der Waals surface area contributed by atoms with Gasteiger partial charge >= 0.3 is 0 Å². The number of hydrogen-bond acceptors (Lipinski definition) is 3. The van der Waals surface area contributed by atoms with Gasteiger partial charge in [-0.2, -0.15) is 0 Å². The van der Waals surface area contributed by atoms with Crippen LogP contribution in [0.2, 0.25) is 5.02 Å². The lowest BCUT2D eigenvalue weighted by atomic mass is 10.0. The Hall–Kier alpha value is -2.04. The van der Waals surface area contributed by atoms with Crippen LogP contribution in [0.15, 0.2) is 36.4 Å². The Balaban J connectivity index is 2.27. The van der Waals surface area contributed by atoms with E-state index in [0.717, 1.165) is 16.9 Å². The van der Waals surface area contributed by atoms with Crippen LogP contribution in [0.4, 0.5) is 0 Å². The lowest BCUT2D eigenvalue weighted by Crippen LogP contribution is -2.22. The molecule has 1 amide bonds. The number of ether oxygens (including phenoxy) is 1. The van der Waals surface area contributed by atoms with Crippen LogP contribution in [0, 0.1) is 13.8 Å². The van der Waals surface area contributed by atoms with Crippen LogP contribution in [0.1, 0.15) is 28.4 Å². The van der Waals surface area contributed by atoms with Gasteiger partial charge in [0, 0.05) is 5.02 Å². The second kappa shape index (κ2) is 6.81. The van der Waals surface area contributed by atoms with Crippen molar-refractivity contribution in [1.82, 2.24) is 0 Å². The Morgan fingerprint density at radius 3 is 2.68 bits per heavy atom. The number of nitrogens with two attached hydrogens (primary N) is 1. The van der Waals surface area contributed by atoms with Crippen LogP contribution < -0.4 is 10.5 Å². The van der Waals surface area contributed by atoms with Crippen LogP contribution in [0.25, 0.3) is 0 Å². The fourth-order valence-electron chi connectivity index (χ4n) is 2.14. The molecular weight excluding hydrogens is 302 g/mol. The monoisotopic (exact) mass is 319 g/mol. The summed E-state index contributed by atoms with van der Waals surface area (Å²) in [4.78, 5) is 11.2. The summed E-state index contributed by atoms with van der Waals surface area (Å²) >= 11 is 5.99. The maximum atomic E-state index is 11.2. The maximum absolute atomic E-state index is 11.2. The smallest absolute Gasteiger partial charge is 0.250 e. The summed E-state index contributed by atoms with van der Waals surface area (Å²) in [5.74, 6) is -0.0604. The van der Waals surface area contributed by atoms with E-state index in [0.29, 0.717) is 16.1 Å². The summed E-state index contributed by atoms with van der Waals surface area (Å²) in [6.45, 7) is 4.12. The second-order valence-electron chi connectivity index (χ2n) is 5.21. The molecule has 0 aliphatic heterocycles. The van der Waals surface area contributed by atoms with Crippen molar-refractivity contribution in [2.24, 2.45) is 5.73 Å². The van der Waals surface area contributed by atoms with Gasteiger partial charge in [-0.3, -0.25) is 4.79 Å². The van der Waals surface area contributed by atoms with Crippen molar-refractivity contribution in [2.75, 3.05) is 0 Å². The SMILES string of the molecule is Cc1ccc(C)c(OCc2cc(Cl)ccc2C(O)C(N)=O)c1. The Bertz CT molecular complexity index is 700. The van der Waals surface area contributed by atoms with Crippen molar-refractivity contribution in [1.29, 1.82) is 0 Å². The van der Waals surface area contributed by atoms with Gasteiger partial charge in [-0.05, 0) is 54.3 Å². The molecule has 1 unspecified atom stereocenters. The molecular formula is C17H18ClNO3. The predicted octanol–water partition coefficient (Wildman–Crippen LogP) is 3.05. The lowest BCUT2D eigenvalue weighted by molar-refractivity contribution is -0.126. The fourth-order valence-corrected chi connectivity index (χ4v) is 2.33. The van der Waals surface area contributed by atoms with Crippen molar-refractivity contribution in [3.8, 4) is 5.75 Å². The predicted molar refractivity (Wildman–Crippen MR) is 85.9 cm³/mol. The molecule has 22 heavy (non-hydrogen) atoms. The summed E-state index contributed by atoms with van der Waals surface area (Å²) in [7, 11) is 0. The van der Waals surface area contributed by atoms with Gasteiger partial charge in [-0.15, -0.1) is 0 Å². The van der Waals surface area contributed by atoms with E-state index in [1.165, 1.54) is 0 Å². The zero-order valence-electron chi connectivity index (χ0n) is 12.5. The number of aliphatic hydroxyl groups excluding tert-OH is 1. The Labute approximate surface area is 134 Å². The van der Waals surface area contributed by atoms with Gasteiger partial charge in [0.15, 0.2) is 6.10 Å². The first kappa shape index (κ1) is 16.3. The number of primary amides is 1. The van der Waals surface area contributed by atoms with Gasteiger partial charge in [-0.25, -0.2) is 0 Å². The van der Waals surface area contributed by atoms with Crippen molar-refractivity contribution in [2.45, 2.75) is 26.6 Å². The number of aryl methyl sites for hydroxylation is 2.